The zero-order valence-corrected chi connectivity index (χ0v) is 15.0. The molecular formula is C19H21ClN2O3. The number of methoxy groups -OCH3 is 2. The van der Waals surface area contributed by atoms with Crippen molar-refractivity contribution in [3.8, 4) is 11.5 Å². The standard InChI is InChI=1S/C19H20N2O3.ClH/c1-23-13-9-12(10-14(11-13)24-2)17-19(7-8-20-17)15-5-3-4-6-16(15)21-18(19)22;/h3-6,9-11,17,20H,7-8H2,1-2H3,(H,21,22);1H. The predicted molar refractivity (Wildman–Crippen MR) is 98.9 cm³/mol. The first-order valence-corrected chi connectivity index (χ1v) is 8.06. The topological polar surface area (TPSA) is 59.6 Å². The second-order valence-corrected chi connectivity index (χ2v) is 6.25. The molecule has 2 aromatic rings. The fourth-order valence-corrected chi connectivity index (χ4v) is 4.00. The summed E-state index contributed by atoms with van der Waals surface area (Å²) < 4.78 is 10.8. The number of carbonyl (C=O) groups excluding carboxylic acids is 1. The maximum absolute atomic E-state index is 12.9. The Kier molecular flexibility index (Phi) is 4.62. The highest BCUT2D eigenvalue weighted by Gasteiger charge is 2.55. The molecule has 2 aromatic carbocycles. The molecule has 1 amide bonds. The molecule has 1 fully saturated rings. The van der Waals surface area contributed by atoms with Crippen molar-refractivity contribution in [2.24, 2.45) is 0 Å². The molecule has 5 nitrogen and oxygen atoms in total. The normalized spacial score (nSPS) is 23.8. The predicted octanol–water partition coefficient (Wildman–Crippen LogP) is 3.05. The van der Waals surface area contributed by atoms with E-state index in [9.17, 15) is 4.79 Å². The molecule has 132 valence electrons. The van der Waals surface area contributed by atoms with Crippen molar-refractivity contribution in [2.75, 3.05) is 26.1 Å². The van der Waals surface area contributed by atoms with Gasteiger partial charge in [-0.15, -0.1) is 12.4 Å². The Bertz CT molecular complexity index is 789. The van der Waals surface area contributed by atoms with E-state index in [0.717, 1.165) is 41.3 Å². The lowest BCUT2D eigenvalue weighted by molar-refractivity contribution is -0.121. The fraction of sp³-hybridized carbons (Fsp3) is 0.316. The van der Waals surface area contributed by atoms with Crippen LogP contribution in [0.25, 0.3) is 0 Å². The molecule has 0 aromatic heterocycles. The van der Waals surface area contributed by atoms with Crippen LogP contribution in [0.2, 0.25) is 0 Å². The Labute approximate surface area is 153 Å². The second kappa shape index (κ2) is 6.58. The van der Waals surface area contributed by atoms with Gasteiger partial charge >= 0.3 is 0 Å². The summed E-state index contributed by atoms with van der Waals surface area (Å²) in [5.41, 5.74) is 2.38. The third-order valence-corrected chi connectivity index (χ3v) is 5.13. The van der Waals surface area contributed by atoms with Gasteiger partial charge < -0.3 is 20.1 Å². The molecule has 25 heavy (non-hydrogen) atoms. The highest BCUT2D eigenvalue weighted by atomic mass is 35.5. The molecular weight excluding hydrogens is 340 g/mol. The minimum absolute atomic E-state index is 0. The van der Waals surface area contributed by atoms with Crippen molar-refractivity contribution in [3.63, 3.8) is 0 Å². The van der Waals surface area contributed by atoms with Crippen LogP contribution < -0.4 is 20.1 Å². The van der Waals surface area contributed by atoms with E-state index in [-0.39, 0.29) is 24.4 Å². The maximum atomic E-state index is 12.9. The molecule has 0 aliphatic carbocycles. The molecule has 2 aliphatic rings. The van der Waals surface area contributed by atoms with E-state index >= 15 is 0 Å². The minimum Gasteiger partial charge on any atom is -0.497 e. The van der Waals surface area contributed by atoms with Crippen LogP contribution in [0.4, 0.5) is 5.69 Å². The molecule has 2 heterocycles. The summed E-state index contributed by atoms with van der Waals surface area (Å²) in [4.78, 5) is 12.9. The number of anilines is 1. The number of hydrogen-bond donors (Lipinski definition) is 2. The monoisotopic (exact) mass is 360 g/mol. The van der Waals surface area contributed by atoms with Crippen LogP contribution in [0, 0.1) is 0 Å². The van der Waals surface area contributed by atoms with Gasteiger partial charge in [0.25, 0.3) is 0 Å². The number of nitrogens with one attached hydrogen (secondary N) is 2. The molecule has 2 N–H and O–H groups in total. The third kappa shape index (κ3) is 2.55. The third-order valence-electron chi connectivity index (χ3n) is 5.13. The zero-order valence-electron chi connectivity index (χ0n) is 14.2. The summed E-state index contributed by atoms with van der Waals surface area (Å²) in [5, 5.41) is 6.55. The number of hydrogen-bond acceptors (Lipinski definition) is 4. The lowest BCUT2D eigenvalue weighted by Crippen LogP contribution is -2.39. The summed E-state index contributed by atoms with van der Waals surface area (Å²) >= 11 is 0. The number of ether oxygens (including phenoxy) is 2. The second-order valence-electron chi connectivity index (χ2n) is 6.25. The number of amides is 1. The van der Waals surface area contributed by atoms with Crippen LogP contribution in [0.3, 0.4) is 0 Å². The summed E-state index contributed by atoms with van der Waals surface area (Å²) in [6.45, 7) is 0.784. The van der Waals surface area contributed by atoms with E-state index in [0.29, 0.717) is 0 Å². The average Bonchev–Trinajstić information content (AvgIpc) is 3.18. The van der Waals surface area contributed by atoms with Gasteiger partial charge in [-0.3, -0.25) is 4.79 Å². The van der Waals surface area contributed by atoms with Crippen LogP contribution in [-0.4, -0.2) is 26.7 Å². The van der Waals surface area contributed by atoms with E-state index in [1.807, 2.05) is 42.5 Å². The highest BCUT2D eigenvalue weighted by molar-refractivity contribution is 6.07. The summed E-state index contributed by atoms with van der Waals surface area (Å²) in [7, 11) is 3.27. The number of carbonyl (C=O) groups is 1. The molecule has 2 unspecified atom stereocenters. The van der Waals surface area contributed by atoms with Gasteiger partial charge in [0.2, 0.25) is 5.91 Å². The van der Waals surface area contributed by atoms with Crippen LogP contribution in [0.1, 0.15) is 23.6 Å². The van der Waals surface area contributed by atoms with Gasteiger partial charge in [-0.05, 0) is 42.3 Å². The average molecular weight is 361 g/mol. The number of benzene rings is 2. The first-order chi connectivity index (χ1) is 11.7. The van der Waals surface area contributed by atoms with Gasteiger partial charge in [0.05, 0.1) is 25.7 Å². The van der Waals surface area contributed by atoms with Gasteiger partial charge in [-0.25, -0.2) is 0 Å². The first kappa shape index (κ1) is 17.6. The lowest BCUT2D eigenvalue weighted by Gasteiger charge is -2.30. The Morgan fingerprint density at radius 3 is 2.44 bits per heavy atom. The largest absolute Gasteiger partial charge is 0.497 e. The van der Waals surface area contributed by atoms with Crippen LogP contribution in [-0.2, 0) is 10.2 Å². The molecule has 0 radical (unpaired) electrons. The summed E-state index contributed by atoms with van der Waals surface area (Å²) in [5.74, 6) is 1.50. The van der Waals surface area contributed by atoms with Crippen molar-refractivity contribution < 1.29 is 14.3 Å². The smallest absolute Gasteiger partial charge is 0.237 e. The lowest BCUT2D eigenvalue weighted by atomic mass is 9.73. The fourth-order valence-electron chi connectivity index (χ4n) is 4.00. The van der Waals surface area contributed by atoms with E-state index in [1.165, 1.54) is 0 Å². The number of halogens is 1. The molecule has 0 saturated carbocycles. The SMILES string of the molecule is COc1cc(OC)cc(C2NCCC23C(=O)Nc2ccccc23)c1.Cl. The minimum atomic E-state index is -0.589. The number of rotatable bonds is 3. The van der Waals surface area contributed by atoms with Crippen LogP contribution in [0.15, 0.2) is 42.5 Å². The molecule has 0 bridgehead atoms. The van der Waals surface area contributed by atoms with E-state index in [4.69, 9.17) is 9.47 Å². The van der Waals surface area contributed by atoms with Gasteiger partial charge in [0, 0.05) is 11.8 Å². The number of para-hydroxylation sites is 1. The van der Waals surface area contributed by atoms with Gasteiger partial charge in [-0.2, -0.15) is 0 Å². The highest BCUT2D eigenvalue weighted by Crippen LogP contribution is 2.51. The molecule has 2 atom stereocenters. The summed E-state index contributed by atoms with van der Waals surface area (Å²) in [6.07, 6.45) is 0.764. The molecule has 2 aliphatic heterocycles. The number of fused-ring (bicyclic) bond motifs is 2. The Morgan fingerprint density at radius 2 is 1.76 bits per heavy atom. The van der Waals surface area contributed by atoms with Crippen LogP contribution >= 0.6 is 12.4 Å². The molecule has 6 heteroatoms. The molecule has 4 rings (SSSR count). The van der Waals surface area contributed by atoms with Gasteiger partial charge in [0.1, 0.15) is 11.5 Å². The Balaban J connectivity index is 0.00000182. The van der Waals surface area contributed by atoms with Gasteiger partial charge in [0.15, 0.2) is 0 Å². The van der Waals surface area contributed by atoms with Crippen molar-refractivity contribution in [1.82, 2.24) is 5.32 Å². The van der Waals surface area contributed by atoms with Crippen molar-refractivity contribution in [1.29, 1.82) is 0 Å². The molecule has 1 spiro atoms. The molecule has 1 saturated heterocycles. The van der Waals surface area contributed by atoms with Crippen molar-refractivity contribution in [3.05, 3.63) is 53.6 Å². The first-order valence-electron chi connectivity index (χ1n) is 8.06. The Hall–Kier alpha value is -2.24. The van der Waals surface area contributed by atoms with Crippen molar-refractivity contribution in [2.45, 2.75) is 17.9 Å². The zero-order chi connectivity index (χ0) is 16.7. The van der Waals surface area contributed by atoms with Crippen molar-refractivity contribution >= 4 is 24.0 Å². The Morgan fingerprint density at radius 1 is 1.08 bits per heavy atom. The van der Waals surface area contributed by atoms with E-state index in [2.05, 4.69) is 10.6 Å². The summed E-state index contributed by atoms with van der Waals surface area (Å²) in [6, 6.07) is 13.6. The van der Waals surface area contributed by atoms with E-state index in [1.54, 1.807) is 14.2 Å². The maximum Gasteiger partial charge on any atom is 0.237 e. The van der Waals surface area contributed by atoms with E-state index < -0.39 is 5.41 Å². The quantitative estimate of drug-likeness (QED) is 0.883. The van der Waals surface area contributed by atoms with Crippen LogP contribution in [0.5, 0.6) is 11.5 Å². The van der Waals surface area contributed by atoms with Gasteiger partial charge in [-0.1, -0.05) is 18.2 Å².